The van der Waals surface area contributed by atoms with E-state index in [0.717, 1.165) is 29.6 Å². The van der Waals surface area contributed by atoms with Gasteiger partial charge in [0.05, 0.1) is 0 Å². The van der Waals surface area contributed by atoms with Crippen LogP contribution in [-0.4, -0.2) is 58.6 Å². The van der Waals surface area contributed by atoms with Gasteiger partial charge in [-0.2, -0.15) is 0 Å². The molecule has 0 unspecified atom stereocenters. The number of fused-ring (bicyclic) bond motifs is 6. The van der Waals surface area contributed by atoms with Gasteiger partial charge in [-0.15, -0.1) is 0 Å². The molecule has 3 heterocycles. The van der Waals surface area contributed by atoms with E-state index in [4.69, 9.17) is 22.9 Å². The third-order valence-corrected chi connectivity index (χ3v) is 9.75. The summed E-state index contributed by atoms with van der Waals surface area (Å²) in [6.07, 6.45) is 0. The van der Waals surface area contributed by atoms with Crippen molar-refractivity contribution in [3.05, 3.63) is 41.4 Å². The van der Waals surface area contributed by atoms with Crippen LogP contribution in [0, 0.1) is 0 Å². The second-order valence-corrected chi connectivity index (χ2v) is 10.8. The topological polar surface area (TPSA) is 30.9 Å². The molecular formula is C14H18ClGeNO3. The molecule has 0 aliphatic carbocycles. The van der Waals surface area contributed by atoms with Gasteiger partial charge in [-0.3, -0.25) is 0 Å². The van der Waals surface area contributed by atoms with Gasteiger partial charge in [0, 0.05) is 0 Å². The molecule has 1 aromatic carbocycles. The standard InChI is InChI=1S/C14H18ClGeNO3/c1-12(13-2-4-14(15)5-3-13)16-18-9-6-17(7-10-19-16)8-11-20-16/h2-5H,1,6-11H2. The van der Waals surface area contributed by atoms with Gasteiger partial charge in [0.1, 0.15) is 0 Å². The SMILES string of the molecule is C=[C](c1ccc(Cl)cc1)[Ge]12[O]CCN(CC[O]1)CC[O]2. The molecule has 2 bridgehead atoms. The predicted molar refractivity (Wildman–Crippen MR) is 80.5 cm³/mol. The molecule has 3 saturated heterocycles. The Balaban J connectivity index is 1.87. The summed E-state index contributed by atoms with van der Waals surface area (Å²) in [7, 11) is 0. The molecule has 3 fully saturated rings. The van der Waals surface area contributed by atoms with Gasteiger partial charge in [-0.05, 0) is 0 Å². The Hall–Kier alpha value is -0.367. The first-order valence-electron chi connectivity index (χ1n) is 6.79. The number of halogens is 1. The van der Waals surface area contributed by atoms with E-state index >= 15 is 0 Å². The van der Waals surface area contributed by atoms with Gasteiger partial charge >= 0.3 is 127 Å². The Morgan fingerprint density at radius 1 is 1.00 bits per heavy atom. The van der Waals surface area contributed by atoms with Crippen molar-refractivity contribution >= 4 is 30.3 Å². The van der Waals surface area contributed by atoms with Crippen molar-refractivity contribution in [3.8, 4) is 0 Å². The molecule has 6 heteroatoms. The van der Waals surface area contributed by atoms with Gasteiger partial charge in [-0.1, -0.05) is 0 Å². The summed E-state index contributed by atoms with van der Waals surface area (Å²) in [5, 5.41) is 0.709. The molecule has 0 radical (unpaired) electrons. The number of benzene rings is 1. The van der Waals surface area contributed by atoms with Crippen LogP contribution >= 0.6 is 11.6 Å². The van der Waals surface area contributed by atoms with E-state index < -0.39 is 14.3 Å². The summed E-state index contributed by atoms with van der Waals surface area (Å²) < 4.78 is 19.0. The summed E-state index contributed by atoms with van der Waals surface area (Å²) in [5.41, 5.74) is 0.993. The molecule has 0 N–H and O–H groups in total. The molecule has 3 aliphatic heterocycles. The summed E-state index contributed by atoms with van der Waals surface area (Å²) in [5.74, 6) is 0. The average molecular weight is 356 g/mol. The van der Waals surface area contributed by atoms with Crippen LogP contribution in [0.3, 0.4) is 0 Å². The summed E-state index contributed by atoms with van der Waals surface area (Å²) in [6, 6.07) is 7.61. The molecular weight excluding hydrogens is 338 g/mol. The van der Waals surface area contributed by atoms with E-state index in [2.05, 4.69) is 11.5 Å². The van der Waals surface area contributed by atoms with Gasteiger partial charge in [0.15, 0.2) is 0 Å². The number of hydrogen-bond acceptors (Lipinski definition) is 4. The Morgan fingerprint density at radius 2 is 1.50 bits per heavy atom. The Morgan fingerprint density at radius 3 is 2.00 bits per heavy atom. The van der Waals surface area contributed by atoms with Crippen molar-refractivity contribution in [2.75, 3.05) is 39.5 Å². The van der Waals surface area contributed by atoms with Crippen molar-refractivity contribution in [1.82, 2.24) is 4.90 Å². The summed E-state index contributed by atoms with van der Waals surface area (Å²) >= 11 is 2.49. The maximum atomic E-state index is 6.06. The van der Waals surface area contributed by atoms with E-state index in [0.29, 0.717) is 24.8 Å². The third kappa shape index (κ3) is 2.95. The average Bonchev–Trinajstić information content (AvgIpc) is 2.37. The van der Waals surface area contributed by atoms with Crippen LogP contribution in [0.15, 0.2) is 30.8 Å². The molecule has 4 nitrogen and oxygen atoms in total. The molecule has 0 atom stereocenters. The van der Waals surface area contributed by atoms with Gasteiger partial charge in [-0.25, -0.2) is 0 Å². The minimum absolute atomic E-state index is 0.645. The van der Waals surface area contributed by atoms with Crippen molar-refractivity contribution < 1.29 is 11.3 Å². The van der Waals surface area contributed by atoms with Crippen LogP contribution < -0.4 is 0 Å². The van der Waals surface area contributed by atoms with Crippen LogP contribution in [0.5, 0.6) is 0 Å². The van der Waals surface area contributed by atoms with Crippen LogP contribution in [0.1, 0.15) is 5.56 Å². The van der Waals surface area contributed by atoms with E-state index in [1.165, 1.54) is 0 Å². The van der Waals surface area contributed by atoms with Crippen LogP contribution in [-0.2, 0) is 11.3 Å². The molecule has 20 heavy (non-hydrogen) atoms. The quantitative estimate of drug-likeness (QED) is 0.761. The Bertz CT molecular complexity index is 467. The monoisotopic (exact) mass is 357 g/mol. The van der Waals surface area contributed by atoms with Crippen LogP contribution in [0.2, 0.25) is 5.02 Å². The van der Waals surface area contributed by atoms with E-state index in [-0.39, 0.29) is 0 Å². The first kappa shape index (κ1) is 14.6. The normalized spacial score (nSPS) is 30.4. The zero-order chi connectivity index (χ0) is 14.0. The molecule has 3 aliphatic rings. The number of hydrogen-bond donors (Lipinski definition) is 0. The van der Waals surface area contributed by atoms with E-state index in [1.54, 1.807) is 0 Å². The zero-order valence-corrected chi connectivity index (χ0v) is 14.2. The van der Waals surface area contributed by atoms with Gasteiger partial charge in [0.25, 0.3) is 0 Å². The van der Waals surface area contributed by atoms with Crippen LogP contribution in [0.25, 0.3) is 4.41 Å². The van der Waals surface area contributed by atoms with E-state index in [1.807, 2.05) is 24.3 Å². The third-order valence-electron chi connectivity index (χ3n) is 3.66. The predicted octanol–water partition coefficient (Wildman–Crippen LogP) is 2.21. The van der Waals surface area contributed by atoms with E-state index in [9.17, 15) is 0 Å². The van der Waals surface area contributed by atoms with Crippen molar-refractivity contribution in [2.45, 2.75) is 0 Å². The molecule has 0 aromatic heterocycles. The second kappa shape index (κ2) is 6.17. The molecule has 108 valence electrons. The zero-order valence-electron chi connectivity index (χ0n) is 11.3. The fourth-order valence-corrected chi connectivity index (χ4v) is 7.58. The Labute approximate surface area is 127 Å². The molecule has 0 saturated carbocycles. The maximum absolute atomic E-state index is 6.06. The minimum atomic E-state index is -3.44. The Kier molecular flexibility index (Phi) is 4.50. The first-order chi connectivity index (χ1) is 9.70. The summed E-state index contributed by atoms with van der Waals surface area (Å²) in [4.78, 5) is 2.30. The van der Waals surface area contributed by atoms with Crippen molar-refractivity contribution in [3.63, 3.8) is 0 Å². The molecule has 0 amide bonds. The molecule has 0 spiro atoms. The van der Waals surface area contributed by atoms with Crippen molar-refractivity contribution in [2.24, 2.45) is 0 Å². The number of rotatable bonds is 2. The van der Waals surface area contributed by atoms with Gasteiger partial charge in [0.2, 0.25) is 0 Å². The second-order valence-electron chi connectivity index (χ2n) is 4.93. The van der Waals surface area contributed by atoms with Gasteiger partial charge < -0.3 is 0 Å². The fraction of sp³-hybridized carbons (Fsp3) is 0.429. The first-order valence-corrected chi connectivity index (χ1v) is 10.8. The number of nitrogens with zero attached hydrogens (tertiary/aromatic N) is 1. The summed E-state index contributed by atoms with van der Waals surface area (Å²) in [6.45, 7) is 8.96. The molecule has 4 rings (SSSR count). The van der Waals surface area contributed by atoms with Crippen LogP contribution in [0.4, 0.5) is 0 Å². The van der Waals surface area contributed by atoms with Crippen molar-refractivity contribution in [1.29, 1.82) is 0 Å². The fourth-order valence-electron chi connectivity index (χ4n) is 2.48. The molecule has 1 aromatic rings.